The Morgan fingerprint density at radius 3 is 2.43 bits per heavy atom. The van der Waals surface area contributed by atoms with E-state index >= 15 is 0 Å². The summed E-state index contributed by atoms with van der Waals surface area (Å²) < 4.78 is 5.46. The van der Waals surface area contributed by atoms with Crippen molar-refractivity contribution in [3.05, 3.63) is 35.9 Å². The zero-order valence-corrected chi connectivity index (χ0v) is 14.2. The van der Waals surface area contributed by atoms with Crippen molar-refractivity contribution in [2.45, 2.75) is 37.6 Å². The van der Waals surface area contributed by atoms with Gasteiger partial charge in [0.2, 0.25) is 0 Å². The highest BCUT2D eigenvalue weighted by atomic mass is 35.5. The van der Waals surface area contributed by atoms with E-state index in [0.717, 1.165) is 51.1 Å². The molecule has 1 aliphatic carbocycles. The largest absolute Gasteiger partial charge is 0.481 e. The molecular formula is C18H26ClNO3. The SMILES string of the molecule is Cl.O=C(O)C(c1ccccc1)[C@@H]1CCCC[C@H]1N1CCOCC1. The second kappa shape index (κ2) is 8.67. The van der Waals surface area contributed by atoms with Gasteiger partial charge in [0, 0.05) is 19.1 Å². The van der Waals surface area contributed by atoms with Crippen LogP contribution in [0.15, 0.2) is 30.3 Å². The van der Waals surface area contributed by atoms with Gasteiger partial charge in [-0.05, 0) is 24.3 Å². The summed E-state index contributed by atoms with van der Waals surface area (Å²) in [6.07, 6.45) is 4.47. The second-order valence-electron chi connectivity index (χ2n) is 6.39. The molecular weight excluding hydrogens is 314 g/mol. The van der Waals surface area contributed by atoms with Crippen LogP contribution < -0.4 is 0 Å². The molecule has 0 radical (unpaired) electrons. The number of carboxylic acids is 1. The Morgan fingerprint density at radius 1 is 1.13 bits per heavy atom. The molecule has 1 heterocycles. The first-order chi connectivity index (χ1) is 10.8. The van der Waals surface area contributed by atoms with Crippen LogP contribution in [-0.2, 0) is 9.53 Å². The van der Waals surface area contributed by atoms with Gasteiger partial charge in [0.25, 0.3) is 0 Å². The fourth-order valence-electron chi connectivity index (χ4n) is 4.12. The molecule has 2 aliphatic rings. The summed E-state index contributed by atoms with van der Waals surface area (Å²) in [7, 11) is 0. The van der Waals surface area contributed by atoms with Crippen LogP contribution in [0.3, 0.4) is 0 Å². The first-order valence-electron chi connectivity index (χ1n) is 8.37. The van der Waals surface area contributed by atoms with Crippen molar-refractivity contribution >= 4 is 18.4 Å². The normalized spacial score (nSPS) is 27.0. The maximum atomic E-state index is 12.0. The predicted molar refractivity (Wildman–Crippen MR) is 92.2 cm³/mol. The minimum Gasteiger partial charge on any atom is -0.481 e. The highest BCUT2D eigenvalue weighted by Gasteiger charge is 2.39. The van der Waals surface area contributed by atoms with Gasteiger partial charge in [-0.15, -0.1) is 12.4 Å². The molecule has 1 aliphatic heterocycles. The number of hydrogen-bond acceptors (Lipinski definition) is 3. The maximum absolute atomic E-state index is 12.0. The molecule has 1 aromatic rings. The molecule has 1 unspecified atom stereocenters. The lowest BCUT2D eigenvalue weighted by Gasteiger charge is -2.43. The summed E-state index contributed by atoms with van der Waals surface area (Å²) in [6, 6.07) is 10.1. The molecule has 2 fully saturated rings. The quantitative estimate of drug-likeness (QED) is 0.915. The summed E-state index contributed by atoms with van der Waals surface area (Å²) in [6.45, 7) is 3.41. The Morgan fingerprint density at radius 2 is 1.78 bits per heavy atom. The Hall–Kier alpha value is -1.10. The zero-order chi connectivity index (χ0) is 15.4. The van der Waals surface area contributed by atoms with Crippen LogP contribution in [0.1, 0.15) is 37.2 Å². The van der Waals surface area contributed by atoms with Gasteiger partial charge in [0.15, 0.2) is 0 Å². The average molecular weight is 340 g/mol. The van der Waals surface area contributed by atoms with Crippen LogP contribution >= 0.6 is 12.4 Å². The Balaban J connectivity index is 0.00000192. The number of aliphatic carboxylic acids is 1. The summed E-state index contributed by atoms with van der Waals surface area (Å²) in [5.41, 5.74) is 0.945. The molecule has 0 spiro atoms. The van der Waals surface area contributed by atoms with E-state index in [2.05, 4.69) is 4.90 Å². The molecule has 128 valence electrons. The summed E-state index contributed by atoms with van der Waals surface area (Å²) in [4.78, 5) is 14.4. The van der Waals surface area contributed by atoms with Gasteiger partial charge in [-0.3, -0.25) is 9.69 Å². The molecule has 1 saturated heterocycles. The zero-order valence-electron chi connectivity index (χ0n) is 13.4. The highest BCUT2D eigenvalue weighted by molar-refractivity contribution is 5.85. The van der Waals surface area contributed by atoms with E-state index in [0.29, 0.717) is 6.04 Å². The molecule has 0 aromatic heterocycles. The highest BCUT2D eigenvalue weighted by Crippen LogP contribution is 2.39. The first-order valence-corrected chi connectivity index (χ1v) is 8.37. The molecule has 4 nitrogen and oxygen atoms in total. The number of hydrogen-bond donors (Lipinski definition) is 1. The van der Waals surface area contributed by atoms with Crippen molar-refractivity contribution in [1.29, 1.82) is 0 Å². The summed E-state index contributed by atoms with van der Waals surface area (Å²) in [5.74, 6) is -0.877. The van der Waals surface area contributed by atoms with Gasteiger partial charge in [-0.25, -0.2) is 0 Å². The molecule has 3 atom stereocenters. The van der Waals surface area contributed by atoms with Crippen molar-refractivity contribution in [3.63, 3.8) is 0 Å². The van der Waals surface area contributed by atoms with Crippen LogP contribution in [0.4, 0.5) is 0 Å². The third kappa shape index (κ3) is 4.25. The monoisotopic (exact) mass is 339 g/mol. The van der Waals surface area contributed by atoms with Crippen LogP contribution in [-0.4, -0.2) is 48.3 Å². The van der Waals surface area contributed by atoms with Crippen LogP contribution in [0, 0.1) is 5.92 Å². The van der Waals surface area contributed by atoms with Crippen LogP contribution in [0.25, 0.3) is 0 Å². The molecule has 1 aromatic carbocycles. The molecule has 0 bridgehead atoms. The van der Waals surface area contributed by atoms with Crippen LogP contribution in [0.5, 0.6) is 0 Å². The maximum Gasteiger partial charge on any atom is 0.311 e. The number of rotatable bonds is 4. The molecule has 1 N–H and O–H groups in total. The Kier molecular flexibility index (Phi) is 6.88. The average Bonchev–Trinajstić information content (AvgIpc) is 2.57. The van der Waals surface area contributed by atoms with Crippen molar-refractivity contribution in [2.75, 3.05) is 26.3 Å². The van der Waals surface area contributed by atoms with Crippen molar-refractivity contribution in [2.24, 2.45) is 5.92 Å². The lowest BCUT2D eigenvalue weighted by atomic mass is 9.73. The number of morpholine rings is 1. The van der Waals surface area contributed by atoms with E-state index in [1.165, 1.54) is 6.42 Å². The number of ether oxygens (including phenoxy) is 1. The number of carbonyl (C=O) groups is 1. The van der Waals surface area contributed by atoms with E-state index in [-0.39, 0.29) is 18.3 Å². The molecule has 23 heavy (non-hydrogen) atoms. The molecule has 5 heteroatoms. The smallest absolute Gasteiger partial charge is 0.311 e. The third-order valence-electron chi connectivity index (χ3n) is 5.15. The lowest BCUT2D eigenvalue weighted by molar-refractivity contribution is -0.141. The minimum absolute atomic E-state index is 0. The topological polar surface area (TPSA) is 49.8 Å². The summed E-state index contributed by atoms with van der Waals surface area (Å²) >= 11 is 0. The van der Waals surface area contributed by atoms with Crippen molar-refractivity contribution in [1.82, 2.24) is 4.90 Å². The van der Waals surface area contributed by atoms with Gasteiger partial charge in [0.05, 0.1) is 19.1 Å². The van der Waals surface area contributed by atoms with Gasteiger partial charge < -0.3 is 9.84 Å². The number of benzene rings is 1. The van der Waals surface area contributed by atoms with Gasteiger partial charge in [-0.2, -0.15) is 0 Å². The van der Waals surface area contributed by atoms with Gasteiger partial charge in [-0.1, -0.05) is 43.2 Å². The standard InChI is InChI=1S/C18H25NO3.ClH/c20-18(21)17(14-6-2-1-3-7-14)15-8-4-5-9-16(15)19-10-12-22-13-11-19;/h1-3,6-7,15-17H,4-5,8-13H2,(H,20,21);1H/t15-,16-,17?;/m1./s1. The summed E-state index contributed by atoms with van der Waals surface area (Å²) in [5, 5.41) is 9.85. The van der Waals surface area contributed by atoms with Gasteiger partial charge in [0.1, 0.15) is 0 Å². The molecule has 1 saturated carbocycles. The minimum atomic E-state index is -0.684. The molecule has 3 rings (SSSR count). The third-order valence-corrected chi connectivity index (χ3v) is 5.15. The van der Waals surface area contributed by atoms with E-state index in [9.17, 15) is 9.90 Å². The number of halogens is 1. The van der Waals surface area contributed by atoms with Gasteiger partial charge >= 0.3 is 5.97 Å². The van der Waals surface area contributed by atoms with Crippen molar-refractivity contribution < 1.29 is 14.6 Å². The van der Waals surface area contributed by atoms with Crippen LogP contribution in [0.2, 0.25) is 0 Å². The van der Waals surface area contributed by atoms with E-state index < -0.39 is 11.9 Å². The Bertz CT molecular complexity index is 490. The second-order valence-corrected chi connectivity index (χ2v) is 6.39. The van der Waals surface area contributed by atoms with E-state index in [4.69, 9.17) is 4.74 Å². The first kappa shape index (κ1) is 18.2. The fraction of sp³-hybridized carbons (Fsp3) is 0.611. The lowest BCUT2D eigenvalue weighted by Crippen LogP contribution is -2.50. The van der Waals surface area contributed by atoms with E-state index in [1.54, 1.807) is 0 Å². The molecule has 0 amide bonds. The van der Waals surface area contributed by atoms with E-state index in [1.807, 2.05) is 30.3 Å². The van der Waals surface area contributed by atoms with Crippen molar-refractivity contribution in [3.8, 4) is 0 Å². The Labute approximate surface area is 144 Å². The number of carboxylic acid groups (broad SMARTS) is 1. The number of nitrogens with zero attached hydrogens (tertiary/aromatic N) is 1. The fourth-order valence-corrected chi connectivity index (χ4v) is 4.12. The predicted octanol–water partition coefficient (Wildman–Crippen LogP) is 3.17.